The predicted molar refractivity (Wildman–Crippen MR) is 116 cm³/mol. The Hall–Kier alpha value is -3.41. The minimum Gasteiger partial charge on any atom is -0.508 e. The molecule has 1 aliphatic heterocycles. The molecule has 1 N–H and O–H groups in total. The van der Waals surface area contributed by atoms with Crippen molar-refractivity contribution in [2.75, 3.05) is 13.2 Å². The number of Topliss-reactive ketones (excluding diaryl/α,β-unsaturated/α-hetero) is 1. The van der Waals surface area contributed by atoms with Crippen molar-refractivity contribution < 1.29 is 24.2 Å². The van der Waals surface area contributed by atoms with E-state index in [2.05, 4.69) is 4.99 Å². The molecule has 1 unspecified atom stereocenters. The first kappa shape index (κ1) is 20.8. The molecule has 0 fully saturated rings. The third-order valence-electron chi connectivity index (χ3n) is 5.66. The van der Waals surface area contributed by atoms with Gasteiger partial charge in [-0.05, 0) is 49.6 Å². The second-order valence-electron chi connectivity index (χ2n) is 7.77. The Bertz CT molecular complexity index is 1040. The summed E-state index contributed by atoms with van der Waals surface area (Å²) >= 11 is 0. The highest BCUT2D eigenvalue weighted by molar-refractivity contribution is 6.08. The van der Waals surface area contributed by atoms with E-state index < -0.39 is 17.8 Å². The van der Waals surface area contributed by atoms with Gasteiger partial charge in [-0.25, -0.2) is 0 Å². The van der Waals surface area contributed by atoms with E-state index in [1.807, 2.05) is 36.4 Å². The molecule has 0 saturated heterocycles. The van der Waals surface area contributed by atoms with Crippen LogP contribution in [0.15, 0.2) is 70.9 Å². The molecule has 2 aromatic rings. The number of carbonyl (C=O) groups is 2. The fraction of sp³-hybridized carbons (Fsp3) is 0.320. The number of allylic oxidation sites excluding steroid dienone is 2. The molecule has 1 aliphatic carbocycles. The minimum absolute atomic E-state index is 0.0102. The molecular formula is C25H25NO5. The van der Waals surface area contributed by atoms with Crippen molar-refractivity contribution in [1.82, 2.24) is 0 Å². The van der Waals surface area contributed by atoms with Gasteiger partial charge in [-0.3, -0.25) is 14.6 Å². The summed E-state index contributed by atoms with van der Waals surface area (Å²) in [5, 5.41) is 10.0. The van der Waals surface area contributed by atoms with E-state index >= 15 is 0 Å². The van der Waals surface area contributed by atoms with Crippen molar-refractivity contribution in [3.8, 4) is 11.5 Å². The van der Waals surface area contributed by atoms with Crippen LogP contribution in [0.2, 0.25) is 0 Å². The number of ketones is 1. The van der Waals surface area contributed by atoms with Gasteiger partial charge in [0.05, 0.1) is 0 Å². The number of hydrogen-bond donors (Lipinski definition) is 1. The van der Waals surface area contributed by atoms with Crippen LogP contribution < -0.4 is 4.74 Å². The molecule has 6 nitrogen and oxygen atoms in total. The zero-order chi connectivity index (χ0) is 21.8. The van der Waals surface area contributed by atoms with Crippen LogP contribution >= 0.6 is 0 Å². The van der Waals surface area contributed by atoms with Crippen LogP contribution in [0.5, 0.6) is 11.5 Å². The summed E-state index contributed by atoms with van der Waals surface area (Å²) in [6, 6.07) is 16.0. The highest BCUT2D eigenvalue weighted by Crippen LogP contribution is 2.44. The van der Waals surface area contributed by atoms with Crippen molar-refractivity contribution in [2.24, 2.45) is 10.9 Å². The quantitative estimate of drug-likeness (QED) is 0.560. The van der Waals surface area contributed by atoms with Gasteiger partial charge in [0.25, 0.3) is 0 Å². The third-order valence-corrected chi connectivity index (χ3v) is 5.66. The Morgan fingerprint density at radius 1 is 1.10 bits per heavy atom. The summed E-state index contributed by atoms with van der Waals surface area (Å²) in [7, 11) is 0. The van der Waals surface area contributed by atoms with E-state index in [1.165, 1.54) is 0 Å². The standard InChI is InChI=1S/C25H25NO5/c1-16-22(25(29)31-14-13-30-19-9-3-2-4-10-19)23(17-7-5-8-18(27)15-17)24-20(26-16)11-6-12-21(24)28/h2-5,7-10,15,22-23,27H,6,11-14H2,1H3/t22?,23-/m0/s1. The molecule has 2 aliphatic rings. The van der Waals surface area contributed by atoms with Crippen LogP contribution in [-0.4, -0.2) is 35.8 Å². The lowest BCUT2D eigenvalue weighted by Crippen LogP contribution is -2.37. The number of ether oxygens (including phenoxy) is 2. The van der Waals surface area contributed by atoms with Gasteiger partial charge in [0.2, 0.25) is 0 Å². The van der Waals surface area contributed by atoms with Crippen LogP contribution in [-0.2, 0) is 14.3 Å². The Kier molecular flexibility index (Phi) is 6.16. The molecule has 4 rings (SSSR count). The summed E-state index contributed by atoms with van der Waals surface area (Å²) in [4.78, 5) is 30.6. The number of aliphatic imine (C=N–C) groups is 1. The number of rotatable bonds is 6. The monoisotopic (exact) mass is 419 g/mol. The lowest BCUT2D eigenvalue weighted by Gasteiger charge is -2.34. The topological polar surface area (TPSA) is 85.2 Å². The van der Waals surface area contributed by atoms with Crippen molar-refractivity contribution >= 4 is 17.5 Å². The number of esters is 1. The maximum atomic E-state index is 13.1. The molecule has 1 heterocycles. The zero-order valence-electron chi connectivity index (χ0n) is 17.4. The first-order valence-electron chi connectivity index (χ1n) is 10.5. The van der Waals surface area contributed by atoms with E-state index in [-0.39, 0.29) is 24.7 Å². The van der Waals surface area contributed by atoms with Gasteiger partial charge >= 0.3 is 5.97 Å². The molecular weight excluding hydrogens is 394 g/mol. The number of para-hydroxylation sites is 1. The van der Waals surface area contributed by atoms with Gasteiger partial charge in [0.1, 0.15) is 30.6 Å². The Labute approximate surface area is 181 Å². The summed E-state index contributed by atoms with van der Waals surface area (Å²) in [5.41, 5.74) is 2.65. The summed E-state index contributed by atoms with van der Waals surface area (Å²) < 4.78 is 11.1. The van der Waals surface area contributed by atoms with E-state index in [9.17, 15) is 14.7 Å². The van der Waals surface area contributed by atoms with Crippen molar-refractivity contribution in [3.05, 3.63) is 71.4 Å². The van der Waals surface area contributed by atoms with Gasteiger partial charge in [-0.2, -0.15) is 0 Å². The highest BCUT2D eigenvalue weighted by Gasteiger charge is 2.43. The second-order valence-corrected chi connectivity index (χ2v) is 7.77. The van der Waals surface area contributed by atoms with Crippen molar-refractivity contribution in [1.29, 1.82) is 0 Å². The summed E-state index contributed by atoms with van der Waals surface area (Å²) in [6.07, 6.45) is 1.91. The van der Waals surface area contributed by atoms with E-state index in [4.69, 9.17) is 9.47 Å². The number of benzene rings is 2. The molecule has 160 valence electrons. The van der Waals surface area contributed by atoms with Crippen LogP contribution in [0.1, 0.15) is 37.7 Å². The Balaban J connectivity index is 1.55. The van der Waals surface area contributed by atoms with Crippen LogP contribution in [0, 0.1) is 5.92 Å². The lowest BCUT2D eigenvalue weighted by atomic mass is 9.72. The molecule has 0 aromatic heterocycles. The number of phenolic OH excluding ortho intramolecular Hbond substituents is 1. The van der Waals surface area contributed by atoms with Gasteiger partial charge in [0.15, 0.2) is 5.78 Å². The van der Waals surface area contributed by atoms with Crippen molar-refractivity contribution in [2.45, 2.75) is 32.1 Å². The first-order valence-corrected chi connectivity index (χ1v) is 10.5. The smallest absolute Gasteiger partial charge is 0.315 e. The molecule has 2 atom stereocenters. The van der Waals surface area contributed by atoms with E-state index in [0.717, 1.165) is 12.1 Å². The molecule has 0 amide bonds. The number of aromatic hydroxyl groups is 1. The summed E-state index contributed by atoms with van der Waals surface area (Å²) in [6.45, 7) is 2.11. The fourth-order valence-corrected chi connectivity index (χ4v) is 4.30. The van der Waals surface area contributed by atoms with Gasteiger partial charge in [-0.1, -0.05) is 30.3 Å². The fourth-order valence-electron chi connectivity index (χ4n) is 4.30. The maximum Gasteiger partial charge on any atom is 0.315 e. The third kappa shape index (κ3) is 4.53. The van der Waals surface area contributed by atoms with Crippen LogP contribution in [0.3, 0.4) is 0 Å². The Morgan fingerprint density at radius 3 is 2.68 bits per heavy atom. The van der Waals surface area contributed by atoms with Crippen molar-refractivity contribution in [3.63, 3.8) is 0 Å². The Morgan fingerprint density at radius 2 is 1.90 bits per heavy atom. The van der Waals surface area contributed by atoms with Crippen LogP contribution in [0.4, 0.5) is 0 Å². The molecule has 31 heavy (non-hydrogen) atoms. The van der Waals surface area contributed by atoms with Gasteiger partial charge < -0.3 is 14.6 Å². The van der Waals surface area contributed by atoms with Crippen LogP contribution in [0.25, 0.3) is 0 Å². The number of carbonyl (C=O) groups excluding carboxylic acids is 2. The number of nitrogens with zero attached hydrogens (tertiary/aromatic N) is 1. The normalized spacial score (nSPS) is 20.7. The minimum atomic E-state index is -0.723. The molecule has 0 saturated carbocycles. The zero-order valence-corrected chi connectivity index (χ0v) is 17.4. The number of phenols is 1. The van der Waals surface area contributed by atoms with Gasteiger partial charge in [0, 0.05) is 29.3 Å². The molecule has 6 heteroatoms. The highest BCUT2D eigenvalue weighted by atomic mass is 16.6. The summed E-state index contributed by atoms with van der Waals surface area (Å²) in [5.74, 6) is -0.887. The first-order chi connectivity index (χ1) is 15.0. The molecule has 0 spiro atoms. The molecule has 0 radical (unpaired) electrons. The lowest BCUT2D eigenvalue weighted by molar-refractivity contribution is -0.147. The number of hydrogen-bond acceptors (Lipinski definition) is 6. The average molecular weight is 419 g/mol. The molecule has 2 aromatic carbocycles. The predicted octanol–water partition coefficient (Wildman–Crippen LogP) is 4.20. The molecule has 0 bridgehead atoms. The van der Waals surface area contributed by atoms with Gasteiger partial charge in [-0.15, -0.1) is 0 Å². The maximum absolute atomic E-state index is 13.1. The largest absolute Gasteiger partial charge is 0.508 e. The SMILES string of the molecule is CC1=NC2=C(C(=O)CCC2)[C@@H](c2cccc(O)c2)C1C(=O)OCCOc1ccccc1. The van der Waals surface area contributed by atoms with E-state index in [0.29, 0.717) is 35.4 Å². The second kappa shape index (κ2) is 9.16. The van der Waals surface area contributed by atoms with E-state index in [1.54, 1.807) is 25.1 Å². The average Bonchev–Trinajstić information content (AvgIpc) is 2.76.